The van der Waals surface area contributed by atoms with Gasteiger partial charge in [0, 0.05) is 50.6 Å². The summed E-state index contributed by atoms with van der Waals surface area (Å²) < 4.78 is 1.52. The highest BCUT2D eigenvalue weighted by molar-refractivity contribution is 5.96. The summed E-state index contributed by atoms with van der Waals surface area (Å²) in [5.74, 6) is -0.262. The molecule has 0 spiro atoms. The molecule has 3 aromatic rings. The minimum atomic E-state index is -0.510. The van der Waals surface area contributed by atoms with E-state index in [4.69, 9.17) is 0 Å². The average Bonchev–Trinajstić information content (AvgIpc) is 3.68. The van der Waals surface area contributed by atoms with Crippen LogP contribution in [0.3, 0.4) is 0 Å². The van der Waals surface area contributed by atoms with Crippen LogP contribution in [0.25, 0.3) is 11.0 Å². The number of carbonyl (C=O) groups excluding carboxylic acids is 1. The quantitative estimate of drug-likeness (QED) is 0.529. The topological polar surface area (TPSA) is 103 Å². The van der Waals surface area contributed by atoms with Crippen LogP contribution in [0.4, 0.5) is 5.69 Å². The molecule has 1 saturated heterocycles. The van der Waals surface area contributed by atoms with Crippen LogP contribution < -0.4 is 21.5 Å². The maximum Gasteiger partial charge on any atom is 0.330 e. The highest BCUT2D eigenvalue weighted by atomic mass is 16.2. The van der Waals surface area contributed by atoms with Crippen LogP contribution in [-0.2, 0) is 0 Å². The number of pyridine rings is 1. The van der Waals surface area contributed by atoms with Gasteiger partial charge in [-0.25, -0.2) is 9.78 Å². The van der Waals surface area contributed by atoms with Crippen molar-refractivity contribution in [2.24, 2.45) is 0 Å². The zero-order chi connectivity index (χ0) is 22.8. The zero-order valence-corrected chi connectivity index (χ0v) is 18.5. The predicted molar refractivity (Wildman–Crippen MR) is 127 cm³/mol. The molecule has 0 atom stereocenters. The maximum absolute atomic E-state index is 12.6. The molecule has 2 aliphatic rings. The number of aromatic amines is 1. The lowest BCUT2D eigenvalue weighted by atomic mass is 10.2. The van der Waals surface area contributed by atoms with Crippen molar-refractivity contribution in [3.63, 3.8) is 0 Å². The van der Waals surface area contributed by atoms with Crippen molar-refractivity contribution in [3.8, 4) is 0 Å². The summed E-state index contributed by atoms with van der Waals surface area (Å²) >= 11 is 0. The molecule has 2 aromatic heterocycles. The summed E-state index contributed by atoms with van der Waals surface area (Å²) in [6.45, 7) is 5.48. The highest BCUT2D eigenvalue weighted by Gasteiger charge is 2.27. The van der Waals surface area contributed by atoms with Crippen LogP contribution in [0, 0.1) is 0 Å². The van der Waals surface area contributed by atoms with Gasteiger partial charge in [-0.05, 0) is 44.0 Å². The van der Waals surface area contributed by atoms with Gasteiger partial charge in [0.25, 0.3) is 11.5 Å². The van der Waals surface area contributed by atoms with Crippen molar-refractivity contribution >= 4 is 22.6 Å². The number of amides is 1. The number of benzene rings is 1. The van der Waals surface area contributed by atoms with Crippen molar-refractivity contribution in [1.82, 2.24) is 24.8 Å². The van der Waals surface area contributed by atoms with Gasteiger partial charge < -0.3 is 10.2 Å². The second-order valence-corrected chi connectivity index (χ2v) is 8.73. The zero-order valence-electron chi connectivity index (χ0n) is 18.5. The number of anilines is 1. The lowest BCUT2D eigenvalue weighted by Gasteiger charge is -2.36. The Bertz CT molecular complexity index is 1260. The van der Waals surface area contributed by atoms with Crippen LogP contribution in [0.5, 0.6) is 0 Å². The van der Waals surface area contributed by atoms with E-state index in [1.807, 2.05) is 6.07 Å². The third-order valence-electron chi connectivity index (χ3n) is 6.38. The molecule has 1 saturated carbocycles. The predicted octanol–water partition coefficient (Wildman–Crippen LogP) is 1.36. The van der Waals surface area contributed by atoms with E-state index >= 15 is 0 Å². The van der Waals surface area contributed by atoms with E-state index in [-0.39, 0.29) is 17.3 Å². The van der Waals surface area contributed by atoms with Gasteiger partial charge in [0.2, 0.25) is 0 Å². The lowest BCUT2D eigenvalue weighted by Crippen LogP contribution is -2.47. The number of hydrogen-bond acceptors (Lipinski definition) is 6. The molecule has 33 heavy (non-hydrogen) atoms. The highest BCUT2D eigenvalue weighted by Crippen LogP contribution is 2.34. The molecule has 172 valence electrons. The fourth-order valence-corrected chi connectivity index (χ4v) is 4.41. The number of H-pyrrole nitrogens is 1. The first-order chi connectivity index (χ1) is 16.1. The van der Waals surface area contributed by atoms with Crippen LogP contribution in [0.15, 0.2) is 52.2 Å². The Hall–Kier alpha value is -3.46. The van der Waals surface area contributed by atoms with Gasteiger partial charge in [0.05, 0.1) is 10.9 Å². The molecule has 2 N–H and O–H groups in total. The molecular weight excluding hydrogens is 420 g/mol. The number of piperazine rings is 1. The second kappa shape index (κ2) is 9.19. The molecule has 0 bridgehead atoms. The monoisotopic (exact) mass is 448 g/mol. The average molecular weight is 449 g/mol. The molecule has 2 fully saturated rings. The molecule has 0 radical (unpaired) electrons. The van der Waals surface area contributed by atoms with Crippen LogP contribution in [0.2, 0.25) is 0 Å². The molecule has 3 heterocycles. The maximum atomic E-state index is 12.6. The van der Waals surface area contributed by atoms with E-state index in [1.54, 1.807) is 0 Å². The SMILES string of the molecule is O=C(NCCCN1CCN(c2ccccc2)CC1)c1cnc2c(c1)c(=O)[nH]c(=O)n2C1CC1. The molecule has 1 aliphatic carbocycles. The third-order valence-corrected chi connectivity index (χ3v) is 6.38. The van der Waals surface area contributed by atoms with Crippen molar-refractivity contribution in [2.45, 2.75) is 25.3 Å². The van der Waals surface area contributed by atoms with Gasteiger partial charge in [-0.3, -0.25) is 24.0 Å². The number of para-hydroxylation sites is 1. The minimum Gasteiger partial charge on any atom is -0.369 e. The lowest BCUT2D eigenvalue weighted by molar-refractivity contribution is 0.0951. The second-order valence-electron chi connectivity index (χ2n) is 8.73. The van der Waals surface area contributed by atoms with Gasteiger partial charge in [-0.2, -0.15) is 0 Å². The third kappa shape index (κ3) is 4.68. The van der Waals surface area contributed by atoms with Crippen LogP contribution in [-0.4, -0.2) is 64.6 Å². The van der Waals surface area contributed by atoms with E-state index in [1.165, 1.54) is 22.5 Å². The van der Waals surface area contributed by atoms with Gasteiger partial charge in [0.1, 0.15) is 5.65 Å². The normalized spacial score (nSPS) is 16.8. The molecule has 9 nitrogen and oxygen atoms in total. The summed E-state index contributed by atoms with van der Waals surface area (Å²) in [6, 6.07) is 12.1. The summed E-state index contributed by atoms with van der Waals surface area (Å²) in [4.78, 5) is 48.4. The van der Waals surface area contributed by atoms with E-state index in [0.717, 1.165) is 52.0 Å². The van der Waals surface area contributed by atoms with Gasteiger partial charge in [-0.15, -0.1) is 0 Å². The smallest absolute Gasteiger partial charge is 0.330 e. The molecule has 5 rings (SSSR count). The Balaban J connectivity index is 1.13. The summed E-state index contributed by atoms with van der Waals surface area (Å²) in [7, 11) is 0. The number of carbonyl (C=O) groups is 1. The first kappa shape index (κ1) is 21.4. The largest absolute Gasteiger partial charge is 0.369 e. The molecule has 9 heteroatoms. The van der Waals surface area contributed by atoms with Crippen LogP contribution >= 0.6 is 0 Å². The van der Waals surface area contributed by atoms with Crippen LogP contribution in [0.1, 0.15) is 35.7 Å². The standard InChI is InChI=1S/C24H28N6O3/c31-22(17-15-20-21(26-16-17)30(19-7-8-19)24(33)27-23(20)32)25-9-4-10-28-11-13-29(14-12-28)18-5-2-1-3-6-18/h1-3,5-6,15-16,19H,4,7-14H2,(H,25,31)(H,27,32,33). The number of aromatic nitrogens is 3. The number of nitrogens with zero attached hydrogens (tertiary/aromatic N) is 4. The van der Waals surface area contributed by atoms with Crippen molar-refractivity contribution in [3.05, 3.63) is 69.0 Å². The number of nitrogens with one attached hydrogen (secondary N) is 2. The first-order valence-electron chi connectivity index (χ1n) is 11.6. The molecule has 1 aromatic carbocycles. The van der Waals surface area contributed by atoms with E-state index < -0.39 is 11.2 Å². The molecule has 1 amide bonds. The Kier molecular flexibility index (Phi) is 5.95. The Labute approximate surface area is 191 Å². The van der Waals surface area contributed by atoms with Crippen molar-refractivity contribution in [2.75, 3.05) is 44.2 Å². The number of rotatable bonds is 7. The molecular formula is C24H28N6O3. The Morgan fingerprint density at radius 1 is 1.09 bits per heavy atom. The Morgan fingerprint density at radius 2 is 1.85 bits per heavy atom. The summed E-state index contributed by atoms with van der Waals surface area (Å²) in [6.07, 6.45) is 4.08. The van der Waals surface area contributed by atoms with Gasteiger partial charge in [0.15, 0.2) is 0 Å². The number of hydrogen-bond donors (Lipinski definition) is 2. The molecule has 1 aliphatic heterocycles. The van der Waals surface area contributed by atoms with Gasteiger partial charge in [-0.1, -0.05) is 18.2 Å². The summed E-state index contributed by atoms with van der Waals surface area (Å²) in [5.41, 5.74) is 0.984. The minimum absolute atomic E-state index is 0.0820. The Morgan fingerprint density at radius 3 is 2.58 bits per heavy atom. The van der Waals surface area contributed by atoms with E-state index in [9.17, 15) is 14.4 Å². The number of fused-ring (bicyclic) bond motifs is 1. The first-order valence-corrected chi connectivity index (χ1v) is 11.6. The van der Waals surface area contributed by atoms with E-state index in [0.29, 0.717) is 17.8 Å². The fourth-order valence-electron chi connectivity index (χ4n) is 4.41. The van der Waals surface area contributed by atoms with Gasteiger partial charge >= 0.3 is 5.69 Å². The van der Waals surface area contributed by atoms with Crippen molar-refractivity contribution in [1.29, 1.82) is 0 Å². The fraction of sp³-hybridized carbons (Fsp3) is 0.417. The molecule has 0 unspecified atom stereocenters. The van der Waals surface area contributed by atoms with Crippen molar-refractivity contribution < 1.29 is 4.79 Å². The summed E-state index contributed by atoms with van der Waals surface area (Å²) in [5, 5.41) is 3.19. The van der Waals surface area contributed by atoms with E-state index in [2.05, 4.69) is 49.4 Å².